The van der Waals surface area contributed by atoms with Crippen molar-refractivity contribution in [3.63, 3.8) is 0 Å². The summed E-state index contributed by atoms with van der Waals surface area (Å²) in [6, 6.07) is 16.0. The van der Waals surface area contributed by atoms with Gasteiger partial charge in [0.25, 0.3) is 0 Å². The molecule has 0 radical (unpaired) electrons. The van der Waals surface area contributed by atoms with Crippen LogP contribution in [0.15, 0.2) is 64.1 Å². The zero-order valence-corrected chi connectivity index (χ0v) is 17.2. The fraction of sp³-hybridized carbons (Fsp3) is 0.273. The molecule has 1 saturated heterocycles. The maximum absolute atomic E-state index is 6.37. The van der Waals surface area contributed by atoms with E-state index in [1.54, 1.807) is 0 Å². The lowest BCUT2D eigenvalue weighted by molar-refractivity contribution is 0.277. The standard InChI is InChI=1S/C22H20ClN3OS/c1-13-12-26-21(20(25-22(26)28-13)17-8-3-4-11-24-17)19-10-9-18(27-19)15-6-5-7-16(23)14(15)2/h3-11,13,20-21H,12H2,1-2H3/t13-,20+,21+/m0/s1. The SMILES string of the molecule is Cc1c(Cl)cccc1-c1ccc([C@@H]2[C@@H](c3ccccn3)N=C3S[C@@H](C)CN32)o1. The number of pyridine rings is 1. The highest BCUT2D eigenvalue weighted by molar-refractivity contribution is 8.14. The Labute approximate surface area is 173 Å². The average molecular weight is 410 g/mol. The van der Waals surface area contributed by atoms with E-state index in [4.69, 9.17) is 21.0 Å². The number of hydrogen-bond acceptors (Lipinski definition) is 5. The Bertz CT molecular complexity index is 1050. The molecule has 0 bridgehead atoms. The number of halogens is 1. The van der Waals surface area contributed by atoms with Crippen molar-refractivity contribution < 1.29 is 4.42 Å². The minimum absolute atomic E-state index is 0.0237. The normalized spacial score (nSPS) is 23.8. The third kappa shape index (κ3) is 2.93. The molecule has 1 fully saturated rings. The van der Waals surface area contributed by atoms with E-state index in [0.717, 1.165) is 45.1 Å². The molecule has 6 heteroatoms. The lowest BCUT2D eigenvalue weighted by Gasteiger charge is -2.25. The van der Waals surface area contributed by atoms with E-state index in [1.807, 2.05) is 67.3 Å². The topological polar surface area (TPSA) is 41.6 Å². The third-order valence-corrected chi connectivity index (χ3v) is 6.84. The van der Waals surface area contributed by atoms with Gasteiger partial charge in [-0.3, -0.25) is 4.98 Å². The highest BCUT2D eigenvalue weighted by atomic mass is 35.5. The first-order chi connectivity index (χ1) is 13.6. The second-order valence-electron chi connectivity index (χ2n) is 7.25. The van der Waals surface area contributed by atoms with Gasteiger partial charge in [-0.2, -0.15) is 0 Å². The van der Waals surface area contributed by atoms with Crippen molar-refractivity contribution >= 4 is 28.5 Å². The van der Waals surface area contributed by atoms with Gasteiger partial charge in [-0.1, -0.05) is 48.5 Å². The largest absolute Gasteiger partial charge is 0.459 e. The molecule has 2 aliphatic heterocycles. The minimum Gasteiger partial charge on any atom is -0.459 e. The van der Waals surface area contributed by atoms with E-state index in [2.05, 4.69) is 22.9 Å². The van der Waals surface area contributed by atoms with E-state index >= 15 is 0 Å². The van der Waals surface area contributed by atoms with Crippen LogP contribution in [0.25, 0.3) is 11.3 Å². The van der Waals surface area contributed by atoms with Crippen molar-refractivity contribution in [1.82, 2.24) is 9.88 Å². The fourth-order valence-corrected chi connectivity index (χ4v) is 5.22. The van der Waals surface area contributed by atoms with Crippen LogP contribution >= 0.6 is 23.4 Å². The van der Waals surface area contributed by atoms with Gasteiger partial charge in [0.05, 0.1) is 5.69 Å². The molecule has 0 N–H and O–H groups in total. The summed E-state index contributed by atoms with van der Waals surface area (Å²) in [7, 11) is 0. The molecular weight excluding hydrogens is 390 g/mol. The minimum atomic E-state index is -0.0596. The molecule has 28 heavy (non-hydrogen) atoms. The molecule has 4 nitrogen and oxygen atoms in total. The van der Waals surface area contributed by atoms with Crippen LogP contribution in [0.5, 0.6) is 0 Å². The molecule has 3 atom stereocenters. The predicted molar refractivity (Wildman–Crippen MR) is 115 cm³/mol. The number of hydrogen-bond donors (Lipinski definition) is 0. The van der Waals surface area contributed by atoms with Gasteiger partial charge in [-0.05, 0) is 42.8 Å². The van der Waals surface area contributed by atoms with Crippen molar-refractivity contribution in [1.29, 1.82) is 0 Å². The summed E-state index contributed by atoms with van der Waals surface area (Å²) in [4.78, 5) is 11.9. The lowest BCUT2D eigenvalue weighted by atomic mass is 10.0. The molecule has 2 aliphatic rings. The van der Waals surface area contributed by atoms with Crippen LogP contribution in [0, 0.1) is 6.92 Å². The van der Waals surface area contributed by atoms with Crippen LogP contribution in [0.1, 0.15) is 36.0 Å². The average Bonchev–Trinajstić information content (AvgIpc) is 3.38. The van der Waals surface area contributed by atoms with Crippen LogP contribution in [0.4, 0.5) is 0 Å². The van der Waals surface area contributed by atoms with E-state index in [1.165, 1.54) is 0 Å². The van der Waals surface area contributed by atoms with Gasteiger partial charge in [0.2, 0.25) is 0 Å². The fourth-order valence-electron chi connectivity index (χ4n) is 3.96. The molecule has 0 aliphatic carbocycles. The molecule has 2 aromatic heterocycles. The Morgan fingerprint density at radius 2 is 2.04 bits per heavy atom. The van der Waals surface area contributed by atoms with Gasteiger partial charge >= 0.3 is 0 Å². The first-order valence-electron chi connectivity index (χ1n) is 9.39. The van der Waals surface area contributed by atoms with Gasteiger partial charge in [0, 0.05) is 28.6 Å². The van der Waals surface area contributed by atoms with Crippen LogP contribution in [-0.4, -0.2) is 26.8 Å². The highest BCUT2D eigenvalue weighted by Crippen LogP contribution is 2.48. The van der Waals surface area contributed by atoms with E-state index in [9.17, 15) is 0 Å². The van der Waals surface area contributed by atoms with Crippen molar-refractivity contribution in [3.05, 3.63) is 76.8 Å². The molecular formula is C22H20ClN3OS. The Balaban J connectivity index is 1.55. The third-order valence-electron chi connectivity index (χ3n) is 5.33. The Hall–Kier alpha value is -2.24. The number of aromatic nitrogens is 1. The second kappa shape index (κ2) is 6.98. The van der Waals surface area contributed by atoms with Crippen molar-refractivity contribution in [2.45, 2.75) is 31.2 Å². The van der Waals surface area contributed by atoms with Crippen molar-refractivity contribution in [2.24, 2.45) is 4.99 Å². The van der Waals surface area contributed by atoms with E-state index in [0.29, 0.717) is 5.25 Å². The Morgan fingerprint density at radius 1 is 1.14 bits per heavy atom. The number of aliphatic imine (C=N–C) groups is 1. The Morgan fingerprint density at radius 3 is 2.86 bits per heavy atom. The molecule has 142 valence electrons. The van der Waals surface area contributed by atoms with Crippen LogP contribution < -0.4 is 0 Å². The first-order valence-corrected chi connectivity index (χ1v) is 10.6. The molecule has 0 spiro atoms. The summed E-state index contributed by atoms with van der Waals surface area (Å²) in [5.74, 6) is 1.75. The van der Waals surface area contributed by atoms with Crippen molar-refractivity contribution in [3.8, 4) is 11.3 Å². The van der Waals surface area contributed by atoms with Gasteiger partial charge in [-0.25, -0.2) is 4.99 Å². The molecule has 4 heterocycles. The lowest BCUT2D eigenvalue weighted by Crippen LogP contribution is -2.28. The van der Waals surface area contributed by atoms with Crippen LogP contribution in [-0.2, 0) is 0 Å². The molecule has 3 aromatic rings. The Kier molecular flexibility index (Phi) is 4.44. The number of furan rings is 1. The molecule has 5 rings (SSSR count). The smallest absolute Gasteiger partial charge is 0.161 e. The van der Waals surface area contributed by atoms with Crippen LogP contribution in [0.2, 0.25) is 5.02 Å². The summed E-state index contributed by atoms with van der Waals surface area (Å²) in [6.07, 6.45) is 1.83. The van der Waals surface area contributed by atoms with Gasteiger partial charge in [0.1, 0.15) is 23.6 Å². The molecule has 1 aromatic carbocycles. The number of nitrogens with zero attached hydrogens (tertiary/aromatic N) is 3. The van der Waals surface area contributed by atoms with Crippen molar-refractivity contribution in [2.75, 3.05) is 6.54 Å². The monoisotopic (exact) mass is 409 g/mol. The number of thioether (sulfide) groups is 1. The molecule has 0 saturated carbocycles. The van der Waals surface area contributed by atoms with Gasteiger partial charge in [-0.15, -0.1) is 0 Å². The first kappa shape index (κ1) is 17.8. The predicted octanol–water partition coefficient (Wildman–Crippen LogP) is 5.89. The zero-order chi connectivity index (χ0) is 19.3. The zero-order valence-electron chi connectivity index (χ0n) is 15.7. The molecule has 0 amide bonds. The highest BCUT2D eigenvalue weighted by Gasteiger charge is 2.45. The summed E-state index contributed by atoms with van der Waals surface area (Å²) >= 11 is 8.14. The summed E-state index contributed by atoms with van der Waals surface area (Å²) in [6.45, 7) is 5.22. The summed E-state index contributed by atoms with van der Waals surface area (Å²) in [5.41, 5.74) is 3.02. The number of fused-ring (bicyclic) bond motifs is 1. The number of rotatable bonds is 3. The van der Waals surface area contributed by atoms with Gasteiger partial charge < -0.3 is 9.32 Å². The quantitative estimate of drug-likeness (QED) is 0.540. The van der Waals surface area contributed by atoms with E-state index in [-0.39, 0.29) is 12.1 Å². The molecule has 0 unspecified atom stereocenters. The van der Waals surface area contributed by atoms with Gasteiger partial charge in [0.15, 0.2) is 5.17 Å². The van der Waals surface area contributed by atoms with Crippen LogP contribution in [0.3, 0.4) is 0 Å². The number of benzene rings is 1. The number of amidine groups is 1. The maximum atomic E-state index is 6.37. The van der Waals surface area contributed by atoms with E-state index < -0.39 is 0 Å². The summed E-state index contributed by atoms with van der Waals surface area (Å²) in [5, 5.41) is 2.36. The maximum Gasteiger partial charge on any atom is 0.161 e. The summed E-state index contributed by atoms with van der Waals surface area (Å²) < 4.78 is 6.37. The second-order valence-corrected chi connectivity index (χ2v) is 9.06.